The molecule has 4 heteroatoms. The van der Waals surface area contributed by atoms with Crippen LogP contribution in [0.1, 0.15) is 41.5 Å². The summed E-state index contributed by atoms with van der Waals surface area (Å²) in [5, 5.41) is 6.24. The minimum atomic E-state index is -0.0500. The van der Waals surface area contributed by atoms with E-state index in [1.165, 1.54) is 0 Å². The van der Waals surface area contributed by atoms with Gasteiger partial charge in [0.2, 0.25) is 0 Å². The number of anilines is 1. The smallest absolute Gasteiger partial charge is 0.251 e. The first kappa shape index (κ1) is 15.0. The van der Waals surface area contributed by atoms with Crippen LogP contribution in [0.5, 0.6) is 0 Å². The molecule has 0 bridgehead atoms. The maximum absolute atomic E-state index is 11.9. The average molecular weight is 283 g/mol. The molecule has 1 amide bonds. The van der Waals surface area contributed by atoms with Crippen molar-refractivity contribution in [2.24, 2.45) is 0 Å². The Kier molecular flexibility index (Phi) is 4.93. The highest BCUT2D eigenvalue weighted by atomic mass is 16.1. The zero-order valence-electron chi connectivity index (χ0n) is 12.7. The molecule has 1 aromatic carbocycles. The van der Waals surface area contributed by atoms with Crippen molar-refractivity contribution in [3.05, 3.63) is 59.4 Å². The molecule has 1 aromatic heterocycles. The Morgan fingerprint density at radius 3 is 2.76 bits per heavy atom. The van der Waals surface area contributed by atoms with E-state index < -0.39 is 0 Å². The molecule has 0 saturated carbocycles. The van der Waals surface area contributed by atoms with E-state index in [1.807, 2.05) is 50.2 Å². The molecule has 0 aliphatic heterocycles. The molecule has 0 aliphatic carbocycles. The Morgan fingerprint density at radius 2 is 2.10 bits per heavy atom. The third-order valence-electron chi connectivity index (χ3n) is 3.34. The summed E-state index contributed by atoms with van der Waals surface area (Å²) in [4.78, 5) is 16.3. The van der Waals surface area contributed by atoms with Gasteiger partial charge in [-0.1, -0.05) is 12.1 Å². The Bertz CT molecular complexity index is 611. The van der Waals surface area contributed by atoms with Crippen LogP contribution in [0.25, 0.3) is 0 Å². The number of pyridine rings is 1. The number of hydrogen-bond donors (Lipinski definition) is 2. The number of nitrogens with zero attached hydrogens (tertiary/aromatic N) is 1. The van der Waals surface area contributed by atoms with E-state index in [0.29, 0.717) is 12.1 Å². The van der Waals surface area contributed by atoms with Crippen molar-refractivity contribution < 1.29 is 4.79 Å². The van der Waals surface area contributed by atoms with E-state index in [2.05, 4.69) is 22.5 Å². The van der Waals surface area contributed by atoms with Crippen LogP contribution >= 0.6 is 0 Å². The van der Waals surface area contributed by atoms with Gasteiger partial charge in [-0.2, -0.15) is 0 Å². The number of aryl methyl sites for hydroxylation is 1. The van der Waals surface area contributed by atoms with Crippen LogP contribution in [0, 0.1) is 6.92 Å². The molecule has 2 N–H and O–H groups in total. The third kappa shape index (κ3) is 3.81. The number of benzene rings is 1. The minimum Gasteiger partial charge on any atom is -0.377 e. The fraction of sp³-hybridized carbons (Fsp3) is 0.294. The summed E-state index contributed by atoms with van der Waals surface area (Å²) in [6.45, 7) is 6.61. The Morgan fingerprint density at radius 1 is 1.29 bits per heavy atom. The summed E-state index contributed by atoms with van der Waals surface area (Å²) in [6.07, 6.45) is 1.78. The highest BCUT2D eigenvalue weighted by Crippen LogP contribution is 2.22. The zero-order valence-corrected chi connectivity index (χ0v) is 12.7. The predicted molar refractivity (Wildman–Crippen MR) is 85.5 cm³/mol. The van der Waals surface area contributed by atoms with Gasteiger partial charge >= 0.3 is 0 Å². The lowest BCUT2D eigenvalue weighted by molar-refractivity contribution is 0.0956. The molecule has 1 heterocycles. The normalized spacial score (nSPS) is 11.8. The summed E-state index contributed by atoms with van der Waals surface area (Å²) in [6, 6.07) is 11.6. The summed E-state index contributed by atoms with van der Waals surface area (Å²) in [5.74, 6) is -0.0500. The second-order valence-electron chi connectivity index (χ2n) is 5.01. The number of amides is 1. The summed E-state index contributed by atoms with van der Waals surface area (Å²) < 4.78 is 0. The van der Waals surface area contributed by atoms with Crippen molar-refractivity contribution in [2.75, 3.05) is 11.9 Å². The molecule has 1 unspecified atom stereocenters. The lowest BCUT2D eigenvalue weighted by Gasteiger charge is -2.17. The number of aromatic nitrogens is 1. The highest BCUT2D eigenvalue weighted by molar-refractivity contribution is 5.95. The van der Waals surface area contributed by atoms with Crippen LogP contribution in [0.15, 0.2) is 42.6 Å². The number of hydrogen-bond acceptors (Lipinski definition) is 3. The van der Waals surface area contributed by atoms with Crippen LogP contribution in [-0.2, 0) is 0 Å². The molecule has 1 atom stereocenters. The third-order valence-corrected chi connectivity index (χ3v) is 3.34. The summed E-state index contributed by atoms with van der Waals surface area (Å²) in [5.41, 5.74) is 3.70. The minimum absolute atomic E-state index is 0.0500. The molecule has 4 nitrogen and oxygen atoms in total. The van der Waals surface area contributed by atoms with Crippen molar-refractivity contribution in [2.45, 2.75) is 26.8 Å². The van der Waals surface area contributed by atoms with Gasteiger partial charge in [0.05, 0.1) is 11.7 Å². The van der Waals surface area contributed by atoms with Crippen LogP contribution in [0.3, 0.4) is 0 Å². The van der Waals surface area contributed by atoms with E-state index in [-0.39, 0.29) is 11.9 Å². The molecule has 2 aromatic rings. The van der Waals surface area contributed by atoms with Gasteiger partial charge in [0.15, 0.2) is 0 Å². The van der Waals surface area contributed by atoms with E-state index >= 15 is 0 Å². The fourth-order valence-electron chi connectivity index (χ4n) is 2.12. The van der Waals surface area contributed by atoms with Gasteiger partial charge in [-0.15, -0.1) is 0 Å². The van der Waals surface area contributed by atoms with Crippen molar-refractivity contribution in [3.8, 4) is 0 Å². The van der Waals surface area contributed by atoms with Crippen molar-refractivity contribution in [1.82, 2.24) is 10.3 Å². The Balaban J connectivity index is 2.19. The Labute approximate surface area is 125 Å². The van der Waals surface area contributed by atoms with E-state index in [1.54, 1.807) is 6.20 Å². The molecule has 0 spiro atoms. The van der Waals surface area contributed by atoms with Gasteiger partial charge in [-0.05, 0) is 50.6 Å². The lowest BCUT2D eigenvalue weighted by atomic mass is 10.1. The number of rotatable bonds is 5. The van der Waals surface area contributed by atoms with Gasteiger partial charge in [-0.3, -0.25) is 9.78 Å². The molecule has 0 fully saturated rings. The quantitative estimate of drug-likeness (QED) is 0.885. The van der Waals surface area contributed by atoms with Gasteiger partial charge in [-0.25, -0.2) is 0 Å². The number of carbonyl (C=O) groups excluding carboxylic acids is 1. The first-order chi connectivity index (χ1) is 10.1. The average Bonchev–Trinajstić information content (AvgIpc) is 2.50. The molecular weight excluding hydrogens is 262 g/mol. The fourth-order valence-corrected chi connectivity index (χ4v) is 2.12. The van der Waals surface area contributed by atoms with E-state index in [0.717, 1.165) is 16.9 Å². The van der Waals surface area contributed by atoms with E-state index in [4.69, 9.17) is 0 Å². The first-order valence-electron chi connectivity index (χ1n) is 7.18. The molecule has 0 aliphatic rings. The summed E-state index contributed by atoms with van der Waals surface area (Å²) in [7, 11) is 0. The van der Waals surface area contributed by atoms with Gasteiger partial charge < -0.3 is 10.6 Å². The Hall–Kier alpha value is -2.36. The van der Waals surface area contributed by atoms with Crippen LogP contribution < -0.4 is 10.6 Å². The largest absolute Gasteiger partial charge is 0.377 e. The maximum atomic E-state index is 11.9. The van der Waals surface area contributed by atoms with Crippen LogP contribution in [0.2, 0.25) is 0 Å². The number of nitrogens with one attached hydrogen (secondary N) is 2. The predicted octanol–water partition coefficient (Wildman–Crippen LogP) is 3.31. The monoisotopic (exact) mass is 283 g/mol. The highest BCUT2D eigenvalue weighted by Gasteiger charge is 2.11. The van der Waals surface area contributed by atoms with Crippen LogP contribution in [-0.4, -0.2) is 17.4 Å². The second-order valence-corrected chi connectivity index (χ2v) is 5.01. The molecule has 0 radical (unpaired) electrons. The molecule has 0 saturated heterocycles. The van der Waals surface area contributed by atoms with Gasteiger partial charge in [0.1, 0.15) is 0 Å². The molecule has 2 rings (SSSR count). The van der Waals surface area contributed by atoms with E-state index in [9.17, 15) is 4.79 Å². The number of carbonyl (C=O) groups is 1. The summed E-state index contributed by atoms with van der Waals surface area (Å²) >= 11 is 0. The molecule has 21 heavy (non-hydrogen) atoms. The zero-order chi connectivity index (χ0) is 15.2. The SMILES string of the molecule is CCNC(=O)c1ccc(C)c(NC(C)c2ccccn2)c1. The maximum Gasteiger partial charge on any atom is 0.251 e. The van der Waals surface area contributed by atoms with Gasteiger partial charge in [0.25, 0.3) is 5.91 Å². The molecular formula is C17H21N3O. The topological polar surface area (TPSA) is 54.0 Å². The first-order valence-corrected chi connectivity index (χ1v) is 7.18. The standard InChI is InChI=1S/C17H21N3O/c1-4-18-17(21)14-9-8-12(2)16(11-14)20-13(3)15-7-5-6-10-19-15/h5-11,13,20H,4H2,1-3H3,(H,18,21). The van der Waals surface area contributed by atoms with Crippen molar-refractivity contribution in [3.63, 3.8) is 0 Å². The van der Waals surface area contributed by atoms with Crippen LogP contribution in [0.4, 0.5) is 5.69 Å². The van der Waals surface area contributed by atoms with Gasteiger partial charge in [0, 0.05) is 24.0 Å². The second kappa shape index (κ2) is 6.88. The van der Waals surface area contributed by atoms with Crippen molar-refractivity contribution >= 4 is 11.6 Å². The lowest BCUT2D eigenvalue weighted by Crippen LogP contribution is -2.22. The van der Waals surface area contributed by atoms with Crippen molar-refractivity contribution in [1.29, 1.82) is 0 Å². The molecule has 110 valence electrons.